The van der Waals surface area contributed by atoms with E-state index in [-0.39, 0.29) is 3.55 Å². The fourth-order valence-electron chi connectivity index (χ4n) is 3.19. The summed E-state index contributed by atoms with van der Waals surface area (Å²) >= 11 is 2.66. The van der Waals surface area contributed by atoms with Gasteiger partial charge in [-0.25, -0.2) is 0 Å². The van der Waals surface area contributed by atoms with Crippen molar-refractivity contribution >= 4 is 22.6 Å². The Hall–Kier alpha value is 0.650. The molecular weight excluding hydrogens is 337 g/mol. The van der Waals surface area contributed by atoms with Gasteiger partial charge in [0.1, 0.15) is 3.55 Å². The van der Waals surface area contributed by atoms with E-state index in [1.165, 1.54) is 0 Å². The van der Waals surface area contributed by atoms with Crippen molar-refractivity contribution in [3.05, 3.63) is 0 Å². The molecule has 1 saturated heterocycles. The minimum Gasteiger partial charge on any atom is -0.293 e. The molecular formula is C15H30INO. The van der Waals surface area contributed by atoms with Crippen LogP contribution >= 0.6 is 22.6 Å². The van der Waals surface area contributed by atoms with Crippen LogP contribution < -0.4 is 0 Å². The van der Waals surface area contributed by atoms with Crippen LogP contribution in [-0.2, 0) is 4.84 Å². The van der Waals surface area contributed by atoms with E-state index in [4.69, 9.17) is 4.84 Å². The standard InChI is InChI=1S/C15H30INO/c1-9(2)13-14(10(3)4)18-17(12(7)8)15(13,16)11(5)6/h9-14H,1-8H3. The Kier molecular flexibility index (Phi) is 5.53. The first kappa shape index (κ1) is 16.7. The van der Waals surface area contributed by atoms with E-state index in [1.54, 1.807) is 0 Å². The number of rotatable bonds is 4. The maximum absolute atomic E-state index is 6.36. The lowest BCUT2D eigenvalue weighted by Gasteiger charge is -2.42. The van der Waals surface area contributed by atoms with E-state index in [9.17, 15) is 0 Å². The van der Waals surface area contributed by atoms with Gasteiger partial charge < -0.3 is 0 Å². The van der Waals surface area contributed by atoms with Crippen LogP contribution in [0.25, 0.3) is 0 Å². The van der Waals surface area contributed by atoms with Gasteiger partial charge in [-0.1, -0.05) is 64.1 Å². The summed E-state index contributed by atoms with van der Waals surface area (Å²) in [5.41, 5.74) is 0. The maximum atomic E-state index is 6.36. The van der Waals surface area contributed by atoms with Gasteiger partial charge in [-0.05, 0) is 31.6 Å². The van der Waals surface area contributed by atoms with Gasteiger partial charge >= 0.3 is 0 Å². The molecule has 1 aliphatic heterocycles. The highest BCUT2D eigenvalue weighted by Gasteiger charge is 2.57. The van der Waals surface area contributed by atoms with Crippen LogP contribution in [0.4, 0.5) is 0 Å². The predicted octanol–water partition coefficient (Wildman–Crippen LogP) is 4.73. The van der Waals surface area contributed by atoms with Gasteiger partial charge in [0.2, 0.25) is 0 Å². The van der Waals surface area contributed by atoms with Gasteiger partial charge in [0.25, 0.3) is 0 Å². The first-order valence-corrected chi connectivity index (χ1v) is 8.36. The minimum absolute atomic E-state index is 0.106. The van der Waals surface area contributed by atoms with Gasteiger partial charge in [-0.15, -0.1) is 0 Å². The summed E-state index contributed by atoms with van der Waals surface area (Å²) in [5, 5.41) is 2.27. The van der Waals surface area contributed by atoms with E-state index >= 15 is 0 Å². The zero-order valence-corrected chi connectivity index (χ0v) is 15.4. The Bertz CT molecular complexity index is 278. The van der Waals surface area contributed by atoms with Crippen molar-refractivity contribution in [3.63, 3.8) is 0 Å². The molecule has 18 heavy (non-hydrogen) atoms. The zero-order chi connectivity index (χ0) is 14.2. The van der Waals surface area contributed by atoms with Gasteiger partial charge in [0.05, 0.1) is 6.10 Å². The largest absolute Gasteiger partial charge is 0.293 e. The van der Waals surface area contributed by atoms with Crippen molar-refractivity contribution in [3.8, 4) is 0 Å². The third kappa shape index (κ3) is 2.73. The Labute approximate surface area is 127 Å². The molecule has 0 aliphatic carbocycles. The topological polar surface area (TPSA) is 12.5 Å². The molecule has 3 heteroatoms. The summed E-state index contributed by atoms with van der Waals surface area (Å²) in [6, 6.07) is 0.425. The van der Waals surface area contributed by atoms with Crippen molar-refractivity contribution in [2.45, 2.75) is 71.1 Å². The number of hydrogen-bond donors (Lipinski definition) is 0. The van der Waals surface area contributed by atoms with Crippen LogP contribution in [0.15, 0.2) is 0 Å². The van der Waals surface area contributed by atoms with Crippen molar-refractivity contribution in [2.24, 2.45) is 23.7 Å². The molecule has 0 aromatic carbocycles. The third-order valence-electron chi connectivity index (χ3n) is 4.05. The number of nitrogens with zero attached hydrogens (tertiary/aromatic N) is 1. The average molecular weight is 367 g/mol. The van der Waals surface area contributed by atoms with Gasteiger partial charge in [0, 0.05) is 12.0 Å². The third-order valence-corrected chi connectivity index (χ3v) is 6.49. The highest BCUT2D eigenvalue weighted by Crippen LogP contribution is 2.52. The first-order valence-electron chi connectivity index (χ1n) is 7.29. The smallest absolute Gasteiger partial charge is 0.105 e. The SMILES string of the molecule is CC(C)C1ON(C(C)C)C(I)(C(C)C)C1C(C)C. The molecule has 0 amide bonds. The van der Waals surface area contributed by atoms with Gasteiger partial charge in [-0.3, -0.25) is 4.84 Å². The summed E-state index contributed by atoms with van der Waals surface area (Å²) in [4.78, 5) is 6.36. The molecule has 0 saturated carbocycles. The van der Waals surface area contributed by atoms with E-state index in [0.717, 1.165) is 0 Å². The molecule has 0 N–H and O–H groups in total. The minimum atomic E-state index is 0.106. The molecule has 108 valence electrons. The van der Waals surface area contributed by atoms with Crippen LogP contribution in [0.2, 0.25) is 0 Å². The molecule has 2 nitrogen and oxygen atoms in total. The fraction of sp³-hybridized carbons (Fsp3) is 1.00. The highest BCUT2D eigenvalue weighted by atomic mass is 127. The van der Waals surface area contributed by atoms with E-state index in [1.807, 2.05) is 0 Å². The molecule has 1 heterocycles. The van der Waals surface area contributed by atoms with Crippen LogP contribution in [0, 0.1) is 23.7 Å². The van der Waals surface area contributed by atoms with Crippen LogP contribution in [-0.4, -0.2) is 20.8 Å². The van der Waals surface area contributed by atoms with Crippen LogP contribution in [0.3, 0.4) is 0 Å². The summed E-state index contributed by atoms with van der Waals surface area (Å²) < 4.78 is 0.106. The Morgan fingerprint density at radius 3 is 1.72 bits per heavy atom. The van der Waals surface area contributed by atoms with Crippen LogP contribution in [0.5, 0.6) is 0 Å². The number of alkyl halides is 1. The molecule has 3 atom stereocenters. The molecule has 0 spiro atoms. The molecule has 3 unspecified atom stereocenters. The van der Waals surface area contributed by atoms with Crippen molar-refractivity contribution in [1.29, 1.82) is 0 Å². The predicted molar refractivity (Wildman–Crippen MR) is 86.6 cm³/mol. The lowest BCUT2D eigenvalue weighted by atomic mass is 9.76. The average Bonchev–Trinajstić information content (AvgIpc) is 2.53. The summed E-state index contributed by atoms with van der Waals surface area (Å²) in [7, 11) is 0. The quantitative estimate of drug-likeness (QED) is 0.405. The molecule has 0 aromatic rings. The van der Waals surface area contributed by atoms with Gasteiger partial charge in [-0.2, -0.15) is 5.06 Å². The molecule has 0 bridgehead atoms. The zero-order valence-electron chi connectivity index (χ0n) is 13.2. The van der Waals surface area contributed by atoms with Crippen molar-refractivity contribution in [1.82, 2.24) is 5.06 Å². The molecule has 1 rings (SSSR count). The molecule has 0 aromatic heterocycles. The Balaban J connectivity index is 3.20. The number of hydrogen-bond acceptors (Lipinski definition) is 2. The van der Waals surface area contributed by atoms with E-state index in [0.29, 0.717) is 35.8 Å². The summed E-state index contributed by atoms with van der Waals surface area (Å²) in [6.45, 7) is 18.3. The maximum Gasteiger partial charge on any atom is 0.105 e. The first-order chi connectivity index (χ1) is 8.13. The second-order valence-corrected chi connectivity index (χ2v) is 8.61. The number of halogens is 1. The van der Waals surface area contributed by atoms with Gasteiger partial charge in [0.15, 0.2) is 0 Å². The van der Waals surface area contributed by atoms with Crippen molar-refractivity contribution in [2.75, 3.05) is 0 Å². The fourth-order valence-corrected chi connectivity index (χ4v) is 4.94. The lowest BCUT2D eigenvalue weighted by Crippen LogP contribution is -2.51. The summed E-state index contributed by atoms with van der Waals surface area (Å²) in [5.74, 6) is 2.37. The second kappa shape index (κ2) is 5.96. The van der Waals surface area contributed by atoms with E-state index < -0.39 is 0 Å². The normalized spacial score (nSPS) is 34.5. The molecule has 1 aliphatic rings. The lowest BCUT2D eigenvalue weighted by molar-refractivity contribution is -0.199. The van der Waals surface area contributed by atoms with E-state index in [2.05, 4.69) is 83.0 Å². The van der Waals surface area contributed by atoms with Crippen LogP contribution in [0.1, 0.15) is 55.4 Å². The molecule has 0 radical (unpaired) electrons. The highest BCUT2D eigenvalue weighted by molar-refractivity contribution is 14.1. The van der Waals surface area contributed by atoms with Crippen molar-refractivity contribution < 1.29 is 4.84 Å². The second-order valence-electron chi connectivity index (χ2n) is 6.89. The Morgan fingerprint density at radius 2 is 1.44 bits per heavy atom. The number of hydroxylamine groups is 2. The molecule has 1 fully saturated rings. The monoisotopic (exact) mass is 367 g/mol. The summed E-state index contributed by atoms with van der Waals surface area (Å²) in [6.07, 6.45) is 0.340. The Morgan fingerprint density at radius 1 is 0.944 bits per heavy atom.